The molecular weight excluding hydrogens is 480 g/mol. The number of thioether (sulfide) groups is 1. The van der Waals surface area contributed by atoms with Gasteiger partial charge >= 0.3 is 12.0 Å². The first-order valence-corrected chi connectivity index (χ1v) is 11.9. The molecule has 35 heavy (non-hydrogen) atoms. The third kappa shape index (κ3) is 6.29. The van der Waals surface area contributed by atoms with E-state index in [4.69, 9.17) is 0 Å². The van der Waals surface area contributed by atoms with Crippen molar-refractivity contribution in [3.63, 3.8) is 0 Å². The quantitative estimate of drug-likeness (QED) is 0.436. The number of carboxylic acids is 1. The maximum absolute atomic E-state index is 13.9. The number of nitrogens with one attached hydrogen (secondary N) is 2. The van der Waals surface area contributed by atoms with Crippen LogP contribution in [0.5, 0.6) is 0 Å². The lowest BCUT2D eigenvalue weighted by Crippen LogP contribution is -2.57. The van der Waals surface area contributed by atoms with Crippen molar-refractivity contribution in [1.82, 2.24) is 15.5 Å². The van der Waals surface area contributed by atoms with Crippen LogP contribution in [0.4, 0.5) is 13.6 Å². The number of benzene rings is 2. The molecule has 8 nitrogen and oxygen atoms in total. The van der Waals surface area contributed by atoms with Crippen LogP contribution in [-0.4, -0.2) is 61.8 Å². The van der Waals surface area contributed by atoms with E-state index in [1.54, 1.807) is 44.2 Å². The number of aliphatic hydroxyl groups excluding tert-OH is 1. The molecule has 0 aliphatic carbocycles. The van der Waals surface area contributed by atoms with Crippen LogP contribution in [-0.2, 0) is 22.6 Å². The van der Waals surface area contributed by atoms with Crippen molar-refractivity contribution in [2.45, 2.75) is 49.7 Å². The standard InChI is InChI=1S/C24H27F2N3O5S/c1-24(2)20(22(32)33)29(13-35-24)21(31)19(30)18(11-14-7-4-3-5-8-14)28-23(34)27-12-15-16(25)9-6-10-17(15)26/h3-10,18-20,30H,11-13H2,1-2H3,(H,32,33)(H2,27,28,34)/t18-,19-,20?/m0/s1. The number of hydrogen-bond acceptors (Lipinski definition) is 5. The van der Waals surface area contributed by atoms with E-state index in [0.717, 1.165) is 17.0 Å². The van der Waals surface area contributed by atoms with Crippen LogP contribution in [0, 0.1) is 11.6 Å². The highest BCUT2D eigenvalue weighted by molar-refractivity contribution is 8.00. The molecule has 0 radical (unpaired) electrons. The summed E-state index contributed by atoms with van der Waals surface area (Å²) in [5, 5.41) is 25.4. The van der Waals surface area contributed by atoms with E-state index < -0.39 is 59.0 Å². The molecule has 1 aliphatic rings. The summed E-state index contributed by atoms with van der Waals surface area (Å²) in [6.45, 7) is 2.95. The van der Waals surface area contributed by atoms with Gasteiger partial charge in [-0.15, -0.1) is 11.8 Å². The number of hydrogen-bond donors (Lipinski definition) is 4. The van der Waals surface area contributed by atoms with E-state index in [-0.39, 0.29) is 17.9 Å². The smallest absolute Gasteiger partial charge is 0.327 e. The number of aliphatic hydroxyl groups is 1. The second kappa shape index (κ2) is 11.0. The number of amides is 3. The number of aliphatic carboxylic acids is 1. The topological polar surface area (TPSA) is 119 Å². The van der Waals surface area contributed by atoms with Gasteiger partial charge in [-0.2, -0.15) is 0 Å². The van der Waals surface area contributed by atoms with E-state index in [0.29, 0.717) is 5.56 Å². The number of urea groups is 1. The first-order chi connectivity index (χ1) is 16.5. The molecule has 0 bridgehead atoms. The second-order valence-electron chi connectivity index (χ2n) is 8.69. The van der Waals surface area contributed by atoms with Crippen LogP contribution in [0.2, 0.25) is 0 Å². The minimum absolute atomic E-state index is 0.0529. The molecule has 1 unspecified atom stereocenters. The summed E-state index contributed by atoms with van der Waals surface area (Å²) in [7, 11) is 0. The Morgan fingerprint density at radius 1 is 1.11 bits per heavy atom. The van der Waals surface area contributed by atoms with Crippen molar-refractivity contribution in [3.8, 4) is 0 Å². The van der Waals surface area contributed by atoms with Crippen LogP contribution in [0.1, 0.15) is 25.0 Å². The Kier molecular flexibility index (Phi) is 8.34. The molecule has 1 saturated heterocycles. The SMILES string of the molecule is CC1(C)SCN(C(=O)[C@@H](O)[C@H](Cc2ccccc2)NC(=O)NCc2c(F)cccc2F)C1C(=O)O. The molecule has 3 atom stereocenters. The monoisotopic (exact) mass is 507 g/mol. The molecule has 0 spiro atoms. The van der Waals surface area contributed by atoms with E-state index in [1.807, 2.05) is 0 Å². The van der Waals surface area contributed by atoms with Crippen LogP contribution in [0.15, 0.2) is 48.5 Å². The van der Waals surface area contributed by atoms with E-state index in [2.05, 4.69) is 10.6 Å². The fraction of sp³-hybridized carbons (Fsp3) is 0.375. The van der Waals surface area contributed by atoms with E-state index in [9.17, 15) is 33.4 Å². The molecule has 1 heterocycles. The van der Waals surface area contributed by atoms with Gasteiger partial charge in [0, 0.05) is 10.3 Å². The maximum atomic E-state index is 13.9. The van der Waals surface area contributed by atoms with E-state index in [1.165, 1.54) is 17.8 Å². The van der Waals surface area contributed by atoms with Crippen molar-refractivity contribution in [2.75, 3.05) is 5.88 Å². The Balaban J connectivity index is 1.76. The van der Waals surface area contributed by atoms with Crippen LogP contribution < -0.4 is 10.6 Å². The highest BCUT2D eigenvalue weighted by Crippen LogP contribution is 2.39. The molecular formula is C24H27F2N3O5S. The fourth-order valence-electron chi connectivity index (χ4n) is 3.93. The second-order valence-corrected chi connectivity index (χ2v) is 10.3. The van der Waals surface area contributed by atoms with Gasteiger partial charge in [0.1, 0.15) is 17.7 Å². The molecule has 3 rings (SSSR count). The van der Waals surface area contributed by atoms with Crippen molar-refractivity contribution >= 4 is 29.7 Å². The minimum atomic E-state index is -1.76. The van der Waals surface area contributed by atoms with Gasteiger partial charge in [-0.1, -0.05) is 36.4 Å². The van der Waals surface area contributed by atoms with Gasteiger partial charge in [-0.05, 0) is 38.0 Å². The Hall–Kier alpha value is -3.18. The molecule has 4 N–H and O–H groups in total. The predicted octanol–water partition coefficient (Wildman–Crippen LogP) is 2.50. The molecule has 1 aliphatic heterocycles. The summed E-state index contributed by atoms with van der Waals surface area (Å²) in [4.78, 5) is 38.6. The number of carbonyl (C=O) groups excluding carboxylic acids is 2. The molecule has 1 fully saturated rings. The van der Waals surface area contributed by atoms with Gasteiger partial charge in [0.2, 0.25) is 0 Å². The Labute approximate surface area is 205 Å². The summed E-state index contributed by atoms with van der Waals surface area (Å²) in [6, 6.07) is 8.94. The van der Waals surface area contributed by atoms with Crippen molar-refractivity contribution < 1.29 is 33.4 Å². The lowest BCUT2D eigenvalue weighted by atomic mass is 9.98. The van der Waals surface area contributed by atoms with Gasteiger partial charge in [0.15, 0.2) is 6.10 Å². The molecule has 2 aromatic carbocycles. The summed E-state index contributed by atoms with van der Waals surface area (Å²) in [5.74, 6) is -3.61. The zero-order valence-electron chi connectivity index (χ0n) is 19.2. The third-order valence-corrected chi connectivity index (χ3v) is 7.17. The van der Waals surface area contributed by atoms with Gasteiger partial charge in [-0.25, -0.2) is 18.4 Å². The normalized spacial score (nSPS) is 18.5. The number of rotatable bonds is 8. The van der Waals surface area contributed by atoms with Gasteiger partial charge < -0.3 is 25.7 Å². The summed E-state index contributed by atoms with van der Waals surface area (Å²) in [5.41, 5.74) is 0.371. The van der Waals surface area contributed by atoms with E-state index >= 15 is 0 Å². The number of nitrogens with zero attached hydrogens (tertiary/aromatic N) is 1. The number of halogens is 2. The number of carboxylic acid groups (broad SMARTS) is 1. The summed E-state index contributed by atoms with van der Waals surface area (Å²) in [6.07, 6.45) is -1.71. The first kappa shape index (κ1) is 26.4. The highest BCUT2D eigenvalue weighted by atomic mass is 32.2. The molecule has 0 aromatic heterocycles. The number of carbonyl (C=O) groups is 3. The minimum Gasteiger partial charge on any atom is -0.480 e. The van der Waals surface area contributed by atoms with Crippen molar-refractivity contribution in [2.24, 2.45) is 0 Å². The largest absolute Gasteiger partial charge is 0.480 e. The van der Waals surface area contributed by atoms with Crippen molar-refractivity contribution in [1.29, 1.82) is 0 Å². The fourth-order valence-corrected chi connectivity index (χ4v) is 5.06. The first-order valence-electron chi connectivity index (χ1n) is 10.9. The molecule has 3 amide bonds. The molecule has 11 heteroatoms. The average Bonchev–Trinajstić information content (AvgIpc) is 3.13. The van der Waals surface area contributed by atoms with Crippen LogP contribution in [0.3, 0.4) is 0 Å². The van der Waals surface area contributed by atoms with Gasteiger partial charge in [0.25, 0.3) is 5.91 Å². The molecule has 188 valence electrons. The maximum Gasteiger partial charge on any atom is 0.327 e. The molecule has 0 saturated carbocycles. The Bertz CT molecular complexity index is 1070. The predicted molar refractivity (Wildman–Crippen MR) is 126 cm³/mol. The zero-order chi connectivity index (χ0) is 25.8. The van der Waals surface area contributed by atoms with Gasteiger partial charge in [-0.3, -0.25) is 4.79 Å². The van der Waals surface area contributed by atoms with Gasteiger partial charge in [0.05, 0.1) is 18.5 Å². The molecule has 2 aromatic rings. The van der Waals surface area contributed by atoms with Crippen LogP contribution in [0.25, 0.3) is 0 Å². The van der Waals surface area contributed by atoms with Crippen molar-refractivity contribution in [3.05, 3.63) is 71.3 Å². The average molecular weight is 508 g/mol. The summed E-state index contributed by atoms with van der Waals surface area (Å²) >= 11 is 1.27. The lowest BCUT2D eigenvalue weighted by molar-refractivity contribution is -0.154. The third-order valence-electron chi connectivity index (χ3n) is 5.80. The van der Waals surface area contributed by atoms with Crippen LogP contribution >= 0.6 is 11.8 Å². The zero-order valence-corrected chi connectivity index (χ0v) is 20.0. The lowest BCUT2D eigenvalue weighted by Gasteiger charge is -2.31. The summed E-state index contributed by atoms with van der Waals surface area (Å²) < 4.78 is 27.0. The highest BCUT2D eigenvalue weighted by Gasteiger charge is 2.50. The Morgan fingerprint density at radius 3 is 2.34 bits per heavy atom. The Morgan fingerprint density at radius 2 is 1.74 bits per heavy atom.